The second-order valence-corrected chi connectivity index (χ2v) is 6.40. The number of hydrogen-bond acceptors (Lipinski definition) is 3. The van der Waals surface area contributed by atoms with Crippen LogP contribution in [0.5, 0.6) is 0 Å². The van der Waals surface area contributed by atoms with Crippen LogP contribution in [-0.2, 0) is 4.79 Å². The maximum Gasteiger partial charge on any atom is 0.238 e. The molecule has 2 atom stereocenters. The van der Waals surface area contributed by atoms with Crippen molar-refractivity contribution in [1.82, 2.24) is 10.2 Å². The Bertz CT molecular complexity index is 438. The van der Waals surface area contributed by atoms with Gasteiger partial charge in [-0.25, -0.2) is 0 Å². The number of carbonyl (C=O) groups is 1. The Morgan fingerprint density at radius 1 is 1.47 bits per heavy atom. The van der Waals surface area contributed by atoms with Crippen LogP contribution in [0.1, 0.15) is 25.6 Å². The van der Waals surface area contributed by atoms with Gasteiger partial charge in [-0.1, -0.05) is 30.7 Å². The van der Waals surface area contributed by atoms with Gasteiger partial charge < -0.3 is 4.90 Å². The molecule has 2 rings (SSSR count). The highest BCUT2D eigenvalue weighted by atomic mass is 35.5. The third-order valence-corrected chi connectivity index (χ3v) is 4.61. The Hall–Kier alpha value is -0.710. The molecule has 1 heterocycles. The van der Waals surface area contributed by atoms with Gasteiger partial charge >= 0.3 is 0 Å². The fraction of sp³-hybridized carbons (Fsp3) is 0.500. The molecule has 0 bridgehead atoms. The van der Waals surface area contributed by atoms with Crippen LogP contribution in [0.4, 0.5) is 0 Å². The first-order valence-electron chi connectivity index (χ1n) is 6.51. The highest BCUT2D eigenvalue weighted by molar-refractivity contribution is 7.99. The summed E-state index contributed by atoms with van der Waals surface area (Å²) in [4.78, 5) is 14.0. The van der Waals surface area contributed by atoms with Crippen molar-refractivity contribution in [1.29, 1.82) is 0 Å². The molecule has 0 aliphatic carbocycles. The Kier molecular flexibility index (Phi) is 5.13. The Morgan fingerprint density at radius 3 is 2.79 bits per heavy atom. The van der Waals surface area contributed by atoms with Gasteiger partial charge in [0.1, 0.15) is 6.17 Å². The van der Waals surface area contributed by atoms with E-state index in [2.05, 4.69) is 19.2 Å². The second-order valence-electron chi connectivity index (χ2n) is 4.64. The zero-order valence-electron chi connectivity index (χ0n) is 11.2. The molecule has 1 aromatic carbocycles. The summed E-state index contributed by atoms with van der Waals surface area (Å²) in [5, 5.41) is 3.99. The minimum absolute atomic E-state index is 0.0303. The minimum atomic E-state index is -0.0303. The van der Waals surface area contributed by atoms with Gasteiger partial charge in [-0.3, -0.25) is 10.1 Å². The van der Waals surface area contributed by atoms with Crippen molar-refractivity contribution in [2.75, 3.05) is 18.1 Å². The largest absolute Gasteiger partial charge is 0.318 e. The zero-order chi connectivity index (χ0) is 13.8. The molecule has 0 spiro atoms. The van der Waals surface area contributed by atoms with E-state index in [4.69, 9.17) is 11.6 Å². The van der Waals surface area contributed by atoms with Crippen LogP contribution >= 0.6 is 23.4 Å². The number of hydrogen-bond donors (Lipinski definition) is 1. The fourth-order valence-corrected chi connectivity index (χ4v) is 3.17. The second kappa shape index (κ2) is 6.64. The number of halogens is 1. The lowest BCUT2D eigenvalue weighted by Crippen LogP contribution is -2.39. The van der Waals surface area contributed by atoms with Crippen molar-refractivity contribution < 1.29 is 4.79 Å². The van der Waals surface area contributed by atoms with Crippen LogP contribution in [0.15, 0.2) is 24.3 Å². The van der Waals surface area contributed by atoms with Gasteiger partial charge in [-0.2, -0.15) is 11.8 Å². The van der Waals surface area contributed by atoms with E-state index in [1.807, 2.05) is 40.9 Å². The molecule has 1 saturated heterocycles. The van der Waals surface area contributed by atoms with Crippen LogP contribution in [0, 0.1) is 0 Å². The maximum absolute atomic E-state index is 12.1. The molecule has 3 nitrogen and oxygen atoms in total. The normalized spacial score (nSPS) is 20.9. The highest BCUT2D eigenvalue weighted by Crippen LogP contribution is 2.27. The summed E-state index contributed by atoms with van der Waals surface area (Å²) >= 11 is 7.77. The van der Waals surface area contributed by atoms with Gasteiger partial charge in [-0.05, 0) is 30.4 Å². The number of benzene rings is 1. The van der Waals surface area contributed by atoms with E-state index in [1.165, 1.54) is 0 Å². The third kappa shape index (κ3) is 3.44. The predicted molar refractivity (Wildman–Crippen MR) is 81.5 cm³/mol. The molecule has 5 heteroatoms. The lowest BCUT2D eigenvalue weighted by atomic mass is 10.1. The number of thioether (sulfide) groups is 1. The number of rotatable bonds is 5. The number of nitrogens with one attached hydrogen (secondary N) is 1. The maximum atomic E-state index is 12.1. The summed E-state index contributed by atoms with van der Waals surface area (Å²) < 4.78 is 0. The lowest BCUT2D eigenvalue weighted by molar-refractivity contribution is -0.129. The summed E-state index contributed by atoms with van der Waals surface area (Å²) in [6, 6.07) is 7.92. The lowest BCUT2D eigenvalue weighted by Gasteiger charge is -2.30. The highest BCUT2D eigenvalue weighted by Gasteiger charge is 2.34. The van der Waals surface area contributed by atoms with Crippen LogP contribution < -0.4 is 5.32 Å². The van der Waals surface area contributed by atoms with Crippen molar-refractivity contribution in [2.45, 2.75) is 26.1 Å². The van der Waals surface area contributed by atoms with Gasteiger partial charge in [0, 0.05) is 16.8 Å². The molecular formula is C14H19ClN2OS. The molecular weight excluding hydrogens is 280 g/mol. The standard InChI is InChI=1S/C14H19ClN2OS/c1-3-19-9-10(2)17-13(18)8-16-14(17)11-4-6-12(15)7-5-11/h4-7,10,14,16H,3,8-9H2,1-2H3. The van der Waals surface area contributed by atoms with E-state index in [1.54, 1.807) is 0 Å². The molecule has 1 amide bonds. The smallest absolute Gasteiger partial charge is 0.238 e. The number of amides is 1. The first-order chi connectivity index (χ1) is 9.13. The van der Waals surface area contributed by atoms with Gasteiger partial charge in [0.2, 0.25) is 5.91 Å². The van der Waals surface area contributed by atoms with Crippen LogP contribution in [0.3, 0.4) is 0 Å². The fourth-order valence-electron chi connectivity index (χ4n) is 2.31. The minimum Gasteiger partial charge on any atom is -0.318 e. The molecule has 1 aromatic rings. The summed E-state index contributed by atoms with van der Waals surface area (Å²) in [7, 11) is 0. The van der Waals surface area contributed by atoms with Gasteiger partial charge in [-0.15, -0.1) is 0 Å². The molecule has 1 aliphatic rings. The van der Waals surface area contributed by atoms with Crippen molar-refractivity contribution in [3.05, 3.63) is 34.9 Å². The van der Waals surface area contributed by atoms with Gasteiger partial charge in [0.25, 0.3) is 0 Å². The van der Waals surface area contributed by atoms with E-state index in [0.29, 0.717) is 11.6 Å². The summed E-state index contributed by atoms with van der Waals surface area (Å²) in [6.07, 6.45) is -0.0303. The first kappa shape index (κ1) is 14.7. The molecule has 1 N–H and O–H groups in total. The van der Waals surface area contributed by atoms with E-state index >= 15 is 0 Å². The van der Waals surface area contributed by atoms with Crippen molar-refractivity contribution in [3.8, 4) is 0 Å². The Labute approximate surface area is 123 Å². The van der Waals surface area contributed by atoms with Gasteiger partial charge in [0.05, 0.1) is 6.54 Å². The summed E-state index contributed by atoms with van der Waals surface area (Å²) in [6.45, 7) is 4.66. The Balaban J connectivity index is 2.14. The average Bonchev–Trinajstić information content (AvgIpc) is 2.79. The number of nitrogens with zero attached hydrogens (tertiary/aromatic N) is 1. The van der Waals surface area contributed by atoms with E-state index in [9.17, 15) is 4.79 Å². The molecule has 1 fully saturated rings. The summed E-state index contributed by atoms with van der Waals surface area (Å²) in [5.74, 6) is 2.21. The van der Waals surface area contributed by atoms with E-state index in [-0.39, 0.29) is 18.1 Å². The van der Waals surface area contributed by atoms with Crippen molar-refractivity contribution in [3.63, 3.8) is 0 Å². The monoisotopic (exact) mass is 298 g/mol. The van der Waals surface area contributed by atoms with Gasteiger partial charge in [0.15, 0.2) is 0 Å². The SMILES string of the molecule is CCSCC(C)N1C(=O)CNC1c1ccc(Cl)cc1. The molecule has 0 saturated carbocycles. The van der Waals surface area contributed by atoms with E-state index < -0.39 is 0 Å². The third-order valence-electron chi connectivity index (χ3n) is 3.24. The van der Waals surface area contributed by atoms with E-state index in [0.717, 1.165) is 17.1 Å². The topological polar surface area (TPSA) is 32.3 Å². The first-order valence-corrected chi connectivity index (χ1v) is 8.04. The molecule has 0 radical (unpaired) electrons. The predicted octanol–water partition coefficient (Wildman–Crippen LogP) is 2.91. The quantitative estimate of drug-likeness (QED) is 0.907. The number of carbonyl (C=O) groups excluding carboxylic acids is 1. The summed E-state index contributed by atoms with van der Waals surface area (Å²) in [5.41, 5.74) is 1.09. The molecule has 19 heavy (non-hydrogen) atoms. The van der Waals surface area contributed by atoms with Crippen LogP contribution in [-0.4, -0.2) is 34.9 Å². The zero-order valence-corrected chi connectivity index (χ0v) is 12.8. The average molecular weight is 299 g/mol. The molecule has 1 aliphatic heterocycles. The Morgan fingerprint density at radius 2 is 2.16 bits per heavy atom. The van der Waals surface area contributed by atoms with Crippen LogP contribution in [0.25, 0.3) is 0 Å². The van der Waals surface area contributed by atoms with Crippen LogP contribution in [0.2, 0.25) is 5.02 Å². The van der Waals surface area contributed by atoms with Crippen molar-refractivity contribution in [2.24, 2.45) is 0 Å². The van der Waals surface area contributed by atoms with Crippen molar-refractivity contribution >= 4 is 29.3 Å². The molecule has 0 aromatic heterocycles. The molecule has 2 unspecified atom stereocenters. The molecule has 104 valence electrons.